The van der Waals surface area contributed by atoms with Crippen molar-refractivity contribution in [3.63, 3.8) is 0 Å². The van der Waals surface area contributed by atoms with Crippen LogP contribution in [0.3, 0.4) is 0 Å². The van der Waals surface area contributed by atoms with Crippen LogP contribution in [0.4, 0.5) is 0 Å². The second-order valence-corrected chi connectivity index (χ2v) is 12.7. The highest BCUT2D eigenvalue weighted by atomic mass is 14.0. The summed E-state index contributed by atoms with van der Waals surface area (Å²) < 4.78 is 0. The van der Waals surface area contributed by atoms with Gasteiger partial charge in [-0.3, -0.25) is 0 Å². The van der Waals surface area contributed by atoms with Crippen LogP contribution in [0.15, 0.2) is 93.7 Å². The zero-order valence-corrected chi connectivity index (χ0v) is 28.5. The van der Waals surface area contributed by atoms with Crippen LogP contribution in [0.2, 0.25) is 0 Å². The SMILES string of the molecule is CC(C)=CCCC(C)=CCCC(C)=CCCC(C)=CC/C=C/C(C)CCC=C(C)CCC=C(C)CCC=C(C)C. The molecule has 0 radical (unpaired) electrons. The summed E-state index contributed by atoms with van der Waals surface area (Å²) in [7, 11) is 0. The molecule has 0 heterocycles. The van der Waals surface area contributed by atoms with E-state index in [1.807, 2.05) is 0 Å². The molecule has 1 unspecified atom stereocenters. The Morgan fingerprint density at radius 1 is 0.425 bits per heavy atom. The minimum Gasteiger partial charge on any atom is -0.0856 e. The molecular weight excluding hydrogens is 480 g/mol. The van der Waals surface area contributed by atoms with E-state index < -0.39 is 0 Å². The maximum absolute atomic E-state index is 2.46. The molecule has 0 aromatic heterocycles. The molecule has 0 bridgehead atoms. The largest absolute Gasteiger partial charge is 0.0856 e. The molecule has 0 heteroatoms. The van der Waals surface area contributed by atoms with E-state index in [1.54, 1.807) is 0 Å². The first kappa shape index (κ1) is 37.9. The van der Waals surface area contributed by atoms with Crippen molar-refractivity contribution in [2.75, 3.05) is 0 Å². The van der Waals surface area contributed by atoms with Crippen molar-refractivity contribution in [3.8, 4) is 0 Å². The molecule has 0 fully saturated rings. The van der Waals surface area contributed by atoms with Crippen molar-refractivity contribution in [1.82, 2.24) is 0 Å². The maximum Gasteiger partial charge on any atom is -0.0166 e. The van der Waals surface area contributed by atoms with Crippen LogP contribution >= 0.6 is 0 Å². The predicted octanol–water partition coefficient (Wildman–Crippen LogP) is 13.9. The Morgan fingerprint density at radius 2 is 0.750 bits per heavy atom. The molecule has 0 aromatic carbocycles. The Balaban J connectivity index is 4.15. The topological polar surface area (TPSA) is 0 Å². The lowest BCUT2D eigenvalue weighted by molar-refractivity contribution is 0.653. The summed E-state index contributed by atoms with van der Waals surface area (Å²) in [5.41, 5.74) is 10.5. The number of rotatable bonds is 21. The van der Waals surface area contributed by atoms with Gasteiger partial charge in [-0.15, -0.1) is 0 Å². The van der Waals surface area contributed by atoms with E-state index in [1.165, 1.54) is 110 Å². The summed E-state index contributed by atoms with van der Waals surface area (Å²) in [5, 5.41) is 0. The molecule has 0 aliphatic heterocycles. The minimum atomic E-state index is 0.644. The van der Waals surface area contributed by atoms with Gasteiger partial charge in [0.25, 0.3) is 0 Å². The second-order valence-electron chi connectivity index (χ2n) is 12.7. The first-order chi connectivity index (χ1) is 19.0. The van der Waals surface area contributed by atoms with Gasteiger partial charge in [-0.05, 0) is 152 Å². The van der Waals surface area contributed by atoms with Crippen LogP contribution in [-0.4, -0.2) is 0 Å². The Kier molecular flexibility index (Phi) is 23.4. The van der Waals surface area contributed by atoms with Crippen molar-refractivity contribution in [1.29, 1.82) is 0 Å². The van der Waals surface area contributed by atoms with E-state index in [-0.39, 0.29) is 0 Å². The fourth-order valence-corrected chi connectivity index (χ4v) is 4.60. The standard InChI is InChI=1S/C40H66/c1-33(2)19-13-23-37(7)27-17-31-39(9)29-15-25-35(5)21-11-12-22-36(6)26-16-30-40(10)32-18-28-38(8)24-14-20-34(3)4/h11,19-22,27-30,35H,12-18,23-26,31-32H2,1-10H3/b21-11+,36-22?,37-27?,38-28?,39-29?,40-30?. The molecule has 0 spiro atoms. The average Bonchev–Trinajstić information content (AvgIpc) is 2.86. The molecule has 0 aromatic rings. The third-order valence-corrected chi connectivity index (χ3v) is 7.46. The third kappa shape index (κ3) is 26.2. The predicted molar refractivity (Wildman–Crippen MR) is 186 cm³/mol. The summed E-state index contributed by atoms with van der Waals surface area (Å²) in [6, 6.07) is 0. The molecular formula is C40H66. The van der Waals surface area contributed by atoms with Crippen LogP contribution in [0, 0.1) is 5.92 Å². The van der Waals surface area contributed by atoms with Crippen LogP contribution in [0.1, 0.15) is 153 Å². The third-order valence-electron chi connectivity index (χ3n) is 7.46. The van der Waals surface area contributed by atoms with Crippen molar-refractivity contribution in [2.45, 2.75) is 153 Å². The molecule has 0 saturated carbocycles. The van der Waals surface area contributed by atoms with E-state index in [0.29, 0.717) is 5.92 Å². The van der Waals surface area contributed by atoms with Gasteiger partial charge in [-0.25, -0.2) is 0 Å². The lowest BCUT2D eigenvalue weighted by Crippen LogP contribution is -1.89. The minimum absolute atomic E-state index is 0.644. The fourth-order valence-electron chi connectivity index (χ4n) is 4.60. The highest BCUT2D eigenvalue weighted by Crippen LogP contribution is 2.16. The maximum atomic E-state index is 2.46. The molecule has 0 nitrogen and oxygen atoms in total. The van der Waals surface area contributed by atoms with Gasteiger partial charge in [-0.1, -0.05) is 101 Å². The second kappa shape index (κ2) is 24.7. The molecule has 40 heavy (non-hydrogen) atoms. The van der Waals surface area contributed by atoms with Crippen LogP contribution in [0.5, 0.6) is 0 Å². The van der Waals surface area contributed by atoms with E-state index in [9.17, 15) is 0 Å². The lowest BCUT2D eigenvalue weighted by Gasteiger charge is -2.05. The van der Waals surface area contributed by atoms with Crippen molar-refractivity contribution in [2.24, 2.45) is 5.92 Å². The average molecular weight is 547 g/mol. The summed E-state index contributed by atoms with van der Waals surface area (Å²) in [4.78, 5) is 0. The van der Waals surface area contributed by atoms with Crippen LogP contribution in [0.25, 0.3) is 0 Å². The van der Waals surface area contributed by atoms with E-state index in [2.05, 4.69) is 124 Å². The van der Waals surface area contributed by atoms with Crippen molar-refractivity contribution in [3.05, 3.63) is 93.7 Å². The van der Waals surface area contributed by atoms with Gasteiger partial charge in [0, 0.05) is 0 Å². The molecule has 0 aliphatic rings. The highest BCUT2D eigenvalue weighted by Gasteiger charge is 1.97. The Labute approximate surface area is 251 Å². The van der Waals surface area contributed by atoms with E-state index in [0.717, 1.165) is 12.8 Å². The van der Waals surface area contributed by atoms with E-state index >= 15 is 0 Å². The molecule has 0 aliphatic carbocycles. The smallest absolute Gasteiger partial charge is 0.0166 e. The van der Waals surface area contributed by atoms with Crippen LogP contribution < -0.4 is 0 Å². The summed E-state index contributed by atoms with van der Waals surface area (Å²) >= 11 is 0. The van der Waals surface area contributed by atoms with Crippen LogP contribution in [-0.2, 0) is 0 Å². The Hall–Kier alpha value is -2.08. The Morgan fingerprint density at radius 3 is 1.12 bits per heavy atom. The van der Waals surface area contributed by atoms with E-state index in [4.69, 9.17) is 0 Å². The monoisotopic (exact) mass is 547 g/mol. The Bertz CT molecular complexity index is 911. The summed E-state index contributed by atoms with van der Waals surface area (Å²) in [6.45, 7) is 22.5. The van der Waals surface area contributed by atoms with Gasteiger partial charge in [0.05, 0.1) is 0 Å². The van der Waals surface area contributed by atoms with Crippen molar-refractivity contribution >= 4 is 0 Å². The number of allylic oxidation sites excluding steroid dienone is 16. The summed E-state index contributed by atoms with van der Waals surface area (Å²) in [5.74, 6) is 0.644. The molecule has 0 rings (SSSR count). The molecule has 0 saturated heterocycles. The van der Waals surface area contributed by atoms with Gasteiger partial charge >= 0.3 is 0 Å². The molecule has 0 amide bonds. The van der Waals surface area contributed by atoms with Gasteiger partial charge in [-0.2, -0.15) is 0 Å². The molecule has 226 valence electrons. The molecule has 0 N–H and O–H groups in total. The van der Waals surface area contributed by atoms with Gasteiger partial charge in [0.2, 0.25) is 0 Å². The quantitative estimate of drug-likeness (QED) is 0.126. The van der Waals surface area contributed by atoms with Gasteiger partial charge in [0.15, 0.2) is 0 Å². The van der Waals surface area contributed by atoms with Crippen molar-refractivity contribution < 1.29 is 0 Å². The number of hydrogen-bond donors (Lipinski definition) is 0. The first-order valence-corrected chi connectivity index (χ1v) is 16.2. The zero-order valence-electron chi connectivity index (χ0n) is 28.5. The summed E-state index contributed by atoms with van der Waals surface area (Å²) in [6.07, 6.45) is 36.9. The zero-order chi connectivity index (χ0) is 30.2. The highest BCUT2D eigenvalue weighted by molar-refractivity contribution is 5.09. The normalized spacial score (nSPS) is 14.6. The van der Waals surface area contributed by atoms with Gasteiger partial charge < -0.3 is 0 Å². The van der Waals surface area contributed by atoms with Gasteiger partial charge in [0.1, 0.15) is 0 Å². The fraction of sp³-hybridized carbons (Fsp3) is 0.600. The number of hydrogen-bond acceptors (Lipinski definition) is 0. The lowest BCUT2D eigenvalue weighted by atomic mass is 10.0. The molecule has 1 atom stereocenters. The first-order valence-electron chi connectivity index (χ1n) is 16.2.